The van der Waals surface area contributed by atoms with Gasteiger partial charge in [0.25, 0.3) is 0 Å². The maximum atomic E-state index is 11.8. The van der Waals surface area contributed by atoms with Crippen molar-refractivity contribution in [2.75, 3.05) is 13.2 Å². The number of primary amides is 1. The molecule has 6 nitrogen and oxygen atoms in total. The molecule has 0 radical (unpaired) electrons. The molecular weight excluding hydrogens is 248 g/mol. The minimum atomic E-state index is -0.656. The van der Waals surface area contributed by atoms with Crippen LogP contribution in [0.4, 0.5) is 0 Å². The maximum Gasteiger partial charge on any atom is 0.248 e. The molecule has 1 heterocycles. The van der Waals surface area contributed by atoms with Gasteiger partial charge in [-0.3, -0.25) is 9.59 Å². The van der Waals surface area contributed by atoms with Gasteiger partial charge in [-0.25, -0.2) is 0 Å². The van der Waals surface area contributed by atoms with Gasteiger partial charge in [-0.05, 0) is 12.1 Å². The highest BCUT2D eigenvalue weighted by Gasteiger charge is 2.24. The van der Waals surface area contributed by atoms with E-state index in [2.05, 4.69) is 5.32 Å². The summed E-state index contributed by atoms with van der Waals surface area (Å²) in [4.78, 5) is 22.9. The van der Waals surface area contributed by atoms with Crippen LogP contribution in [-0.2, 0) is 11.3 Å². The predicted molar refractivity (Wildman–Crippen MR) is 67.8 cm³/mol. The molecule has 19 heavy (non-hydrogen) atoms. The molecule has 102 valence electrons. The van der Waals surface area contributed by atoms with Gasteiger partial charge >= 0.3 is 0 Å². The summed E-state index contributed by atoms with van der Waals surface area (Å²) in [5, 5.41) is 11.9. The van der Waals surface area contributed by atoms with E-state index < -0.39 is 12.0 Å². The van der Waals surface area contributed by atoms with E-state index in [4.69, 9.17) is 15.6 Å². The average Bonchev–Trinajstić information content (AvgIpc) is 2.60. The van der Waals surface area contributed by atoms with E-state index in [0.29, 0.717) is 24.4 Å². The van der Waals surface area contributed by atoms with Crippen LogP contribution >= 0.6 is 0 Å². The summed E-state index contributed by atoms with van der Waals surface area (Å²) in [7, 11) is 0. The topological polar surface area (TPSA) is 102 Å². The van der Waals surface area contributed by atoms with Crippen molar-refractivity contribution in [1.82, 2.24) is 5.32 Å². The second-order valence-electron chi connectivity index (χ2n) is 4.36. The first-order chi connectivity index (χ1) is 9.11. The molecule has 1 aromatic rings. The number of nitrogens with two attached hydrogens (primary N) is 1. The molecule has 1 aromatic carbocycles. The smallest absolute Gasteiger partial charge is 0.248 e. The highest BCUT2D eigenvalue weighted by atomic mass is 16.5. The van der Waals surface area contributed by atoms with Gasteiger partial charge in [0, 0.05) is 30.6 Å². The molecule has 0 saturated carbocycles. The van der Waals surface area contributed by atoms with E-state index in [1.807, 2.05) is 0 Å². The zero-order valence-corrected chi connectivity index (χ0v) is 10.4. The Bertz CT molecular complexity index is 501. The van der Waals surface area contributed by atoms with E-state index >= 15 is 0 Å². The first-order valence-electron chi connectivity index (χ1n) is 6.05. The van der Waals surface area contributed by atoms with Crippen LogP contribution in [0.15, 0.2) is 18.2 Å². The van der Waals surface area contributed by atoms with Crippen LogP contribution in [0.1, 0.15) is 22.3 Å². The largest absolute Gasteiger partial charge is 0.481 e. The van der Waals surface area contributed by atoms with E-state index in [0.717, 1.165) is 5.56 Å². The molecule has 0 aliphatic carbocycles. The lowest BCUT2D eigenvalue weighted by Crippen LogP contribution is -2.36. The molecule has 4 N–H and O–H groups in total. The van der Waals surface area contributed by atoms with E-state index in [1.165, 1.54) is 0 Å². The Morgan fingerprint density at radius 2 is 2.26 bits per heavy atom. The monoisotopic (exact) mass is 264 g/mol. The molecule has 0 aromatic heterocycles. The van der Waals surface area contributed by atoms with Gasteiger partial charge in [-0.15, -0.1) is 0 Å². The van der Waals surface area contributed by atoms with Crippen molar-refractivity contribution in [3.63, 3.8) is 0 Å². The van der Waals surface area contributed by atoms with Crippen LogP contribution in [0, 0.1) is 0 Å². The number of hydrogen-bond donors (Lipinski definition) is 3. The molecule has 0 saturated heterocycles. The number of carbonyl (C=O) groups is 2. The van der Waals surface area contributed by atoms with Crippen LogP contribution in [0.5, 0.6) is 5.75 Å². The van der Waals surface area contributed by atoms with Gasteiger partial charge in [-0.2, -0.15) is 0 Å². The van der Waals surface area contributed by atoms with Crippen molar-refractivity contribution in [1.29, 1.82) is 0 Å². The molecule has 6 heteroatoms. The lowest BCUT2D eigenvalue weighted by atomic mass is 10.1. The highest BCUT2D eigenvalue weighted by Crippen LogP contribution is 2.24. The Kier molecular flexibility index (Phi) is 4.13. The number of carbonyl (C=O) groups excluding carboxylic acids is 2. The molecule has 0 spiro atoms. The second-order valence-corrected chi connectivity index (χ2v) is 4.36. The molecule has 2 rings (SSSR count). The maximum absolute atomic E-state index is 11.8. The highest BCUT2D eigenvalue weighted by molar-refractivity contribution is 5.93. The Morgan fingerprint density at radius 3 is 2.95 bits per heavy atom. The fraction of sp³-hybridized carbons (Fsp3) is 0.385. The van der Waals surface area contributed by atoms with E-state index in [-0.39, 0.29) is 18.8 Å². The zero-order chi connectivity index (χ0) is 13.8. The molecule has 1 amide bonds. The summed E-state index contributed by atoms with van der Waals surface area (Å²) in [6, 6.07) is 4.92. The van der Waals surface area contributed by atoms with Gasteiger partial charge in [0.1, 0.15) is 5.75 Å². The van der Waals surface area contributed by atoms with Gasteiger partial charge in [0.2, 0.25) is 5.91 Å². The molecule has 1 unspecified atom stereocenters. The van der Waals surface area contributed by atoms with Crippen molar-refractivity contribution in [3.05, 3.63) is 29.3 Å². The van der Waals surface area contributed by atoms with Crippen LogP contribution < -0.4 is 15.8 Å². The number of ketones is 1. The Morgan fingerprint density at radius 1 is 1.47 bits per heavy atom. The van der Waals surface area contributed by atoms with Gasteiger partial charge in [0.15, 0.2) is 11.9 Å². The number of rotatable bonds is 4. The second kappa shape index (κ2) is 5.81. The van der Waals surface area contributed by atoms with Crippen molar-refractivity contribution >= 4 is 11.7 Å². The molecule has 1 aliphatic heterocycles. The fourth-order valence-corrected chi connectivity index (χ4v) is 1.95. The fourth-order valence-electron chi connectivity index (χ4n) is 1.95. The third-order valence-electron chi connectivity index (χ3n) is 2.98. The van der Waals surface area contributed by atoms with E-state index in [9.17, 15) is 9.59 Å². The Labute approximate surface area is 110 Å². The summed E-state index contributed by atoms with van der Waals surface area (Å²) in [6.45, 7) is 0.726. The van der Waals surface area contributed by atoms with Crippen molar-refractivity contribution in [2.45, 2.75) is 19.1 Å². The summed E-state index contributed by atoms with van der Waals surface area (Å²) in [5.41, 5.74) is 6.42. The van der Waals surface area contributed by atoms with Crippen LogP contribution in [0.2, 0.25) is 0 Å². The number of fused-ring (bicyclic) bond motifs is 1. The van der Waals surface area contributed by atoms with Crippen molar-refractivity contribution in [3.8, 4) is 5.75 Å². The number of Topliss-reactive ketones (excluding diaryl/α,β-unsaturated/α-hetero) is 1. The molecule has 0 bridgehead atoms. The number of nitrogens with one attached hydrogen (secondary N) is 1. The van der Waals surface area contributed by atoms with E-state index in [1.54, 1.807) is 18.2 Å². The summed E-state index contributed by atoms with van der Waals surface area (Å²) in [6.07, 6.45) is -0.603. The SMILES string of the molecule is NC(=O)c1ccc2c(c1)OC(C(=O)CCO)CNC2. The number of ether oxygens (including phenoxy) is 1. The molecule has 1 aliphatic rings. The summed E-state index contributed by atoms with van der Waals surface area (Å²) < 4.78 is 5.63. The van der Waals surface area contributed by atoms with Crippen molar-refractivity contribution < 1.29 is 19.4 Å². The predicted octanol–water partition coefficient (Wildman–Crippen LogP) is -0.412. The standard InChI is InChI=1S/C13H16N2O4/c14-13(18)8-1-2-9-6-15-7-12(10(17)3-4-16)19-11(9)5-8/h1-2,5,12,15-16H,3-4,6-7H2,(H2,14,18). The van der Waals surface area contributed by atoms with Gasteiger partial charge < -0.3 is 20.9 Å². The molecule has 1 atom stereocenters. The average molecular weight is 264 g/mol. The third kappa shape index (κ3) is 3.10. The number of amides is 1. The molecule has 0 fully saturated rings. The minimum absolute atomic E-state index is 0.0528. The summed E-state index contributed by atoms with van der Waals surface area (Å²) >= 11 is 0. The number of hydrogen-bond acceptors (Lipinski definition) is 5. The first-order valence-corrected chi connectivity index (χ1v) is 6.05. The summed E-state index contributed by atoms with van der Waals surface area (Å²) in [5.74, 6) is -0.230. The third-order valence-corrected chi connectivity index (χ3v) is 2.98. The number of aliphatic hydroxyl groups is 1. The minimum Gasteiger partial charge on any atom is -0.481 e. The normalized spacial score (nSPS) is 18.1. The lowest BCUT2D eigenvalue weighted by Gasteiger charge is -2.15. The molecular formula is C13H16N2O4. The zero-order valence-electron chi connectivity index (χ0n) is 10.4. The van der Waals surface area contributed by atoms with Gasteiger partial charge in [-0.1, -0.05) is 6.07 Å². The number of aliphatic hydroxyl groups excluding tert-OH is 1. The van der Waals surface area contributed by atoms with Crippen LogP contribution in [-0.4, -0.2) is 36.1 Å². The quantitative estimate of drug-likeness (QED) is 0.686. The van der Waals surface area contributed by atoms with Crippen LogP contribution in [0.25, 0.3) is 0 Å². The Hall–Kier alpha value is -1.92. The first kappa shape index (κ1) is 13.5. The van der Waals surface area contributed by atoms with Crippen molar-refractivity contribution in [2.24, 2.45) is 5.73 Å². The number of benzene rings is 1. The lowest BCUT2D eigenvalue weighted by molar-refractivity contribution is -0.126. The Balaban J connectivity index is 2.24. The van der Waals surface area contributed by atoms with Crippen LogP contribution in [0.3, 0.4) is 0 Å². The van der Waals surface area contributed by atoms with Gasteiger partial charge in [0.05, 0.1) is 6.61 Å².